The third kappa shape index (κ3) is 5.13. The van der Waals surface area contributed by atoms with Gasteiger partial charge < -0.3 is 16.0 Å². The summed E-state index contributed by atoms with van der Waals surface area (Å²) in [6, 6.07) is 0.0925. The molecule has 1 saturated heterocycles. The summed E-state index contributed by atoms with van der Waals surface area (Å²) >= 11 is 0. The first kappa shape index (κ1) is 19.2. The summed E-state index contributed by atoms with van der Waals surface area (Å²) in [6.07, 6.45) is 7.89. The fourth-order valence-corrected chi connectivity index (χ4v) is 3.55. The quantitative estimate of drug-likeness (QED) is 0.807. The Balaban J connectivity index is 0.00000242. The second-order valence-electron chi connectivity index (χ2n) is 6.57. The first-order valence-electron chi connectivity index (χ1n) is 8.41. The molecule has 0 aromatic heterocycles. The minimum absolute atomic E-state index is 0. The Hall–Kier alpha value is -0.810. The van der Waals surface area contributed by atoms with Crippen LogP contribution in [0, 0.1) is 5.92 Å². The van der Waals surface area contributed by atoms with Crippen molar-refractivity contribution in [3.63, 3.8) is 0 Å². The smallest absolute Gasteiger partial charge is 0.224 e. The van der Waals surface area contributed by atoms with Gasteiger partial charge in [0.2, 0.25) is 11.8 Å². The Labute approximate surface area is 139 Å². The van der Waals surface area contributed by atoms with E-state index in [0.717, 1.165) is 51.5 Å². The molecule has 22 heavy (non-hydrogen) atoms. The zero-order valence-electron chi connectivity index (χ0n) is 13.6. The van der Waals surface area contributed by atoms with Crippen molar-refractivity contribution in [2.45, 2.75) is 70.4 Å². The second kappa shape index (κ2) is 9.36. The average Bonchev–Trinajstić information content (AvgIpc) is 3.01. The van der Waals surface area contributed by atoms with E-state index in [1.807, 2.05) is 11.8 Å². The number of carbonyl (C=O) groups excluding carboxylic acids is 2. The molecule has 0 spiro atoms. The third-order valence-electron chi connectivity index (χ3n) is 4.81. The van der Waals surface area contributed by atoms with Gasteiger partial charge in [-0.25, -0.2) is 0 Å². The highest BCUT2D eigenvalue weighted by Gasteiger charge is 2.28. The summed E-state index contributed by atoms with van der Waals surface area (Å²) < 4.78 is 0. The van der Waals surface area contributed by atoms with Crippen LogP contribution in [0.1, 0.15) is 58.3 Å². The van der Waals surface area contributed by atoms with Gasteiger partial charge in [-0.2, -0.15) is 0 Å². The molecule has 128 valence electrons. The molecule has 2 amide bonds. The predicted octanol–water partition coefficient (Wildman–Crippen LogP) is 1.83. The molecule has 0 radical (unpaired) electrons. The van der Waals surface area contributed by atoms with E-state index in [1.54, 1.807) is 0 Å². The van der Waals surface area contributed by atoms with Crippen LogP contribution in [-0.4, -0.2) is 41.9 Å². The highest BCUT2D eigenvalue weighted by molar-refractivity contribution is 5.85. The second-order valence-corrected chi connectivity index (χ2v) is 6.57. The fraction of sp³-hybridized carbons (Fsp3) is 0.875. The van der Waals surface area contributed by atoms with Crippen LogP contribution in [0.25, 0.3) is 0 Å². The SMILES string of the molecule is CC(CC(=O)N1CCCCC1CN)NC(=O)C1CCCC1.Cl. The molecule has 6 heteroatoms. The molecule has 2 rings (SSSR count). The van der Waals surface area contributed by atoms with Crippen molar-refractivity contribution >= 4 is 24.2 Å². The Morgan fingerprint density at radius 2 is 1.82 bits per heavy atom. The standard InChI is InChI=1S/C16H29N3O2.ClH/c1-12(18-16(21)13-6-2-3-7-13)10-15(20)19-9-5-4-8-14(19)11-17;/h12-14H,2-11,17H2,1H3,(H,18,21);1H. The molecule has 0 aromatic carbocycles. The Morgan fingerprint density at radius 3 is 2.45 bits per heavy atom. The summed E-state index contributed by atoms with van der Waals surface area (Å²) in [6.45, 7) is 3.27. The number of rotatable bonds is 5. The number of nitrogens with two attached hydrogens (primary N) is 1. The monoisotopic (exact) mass is 331 g/mol. The molecule has 2 aliphatic rings. The molecule has 2 unspecified atom stereocenters. The number of carbonyl (C=O) groups is 2. The van der Waals surface area contributed by atoms with Crippen LogP contribution < -0.4 is 11.1 Å². The first-order valence-corrected chi connectivity index (χ1v) is 8.41. The van der Waals surface area contributed by atoms with Crippen molar-refractivity contribution in [1.29, 1.82) is 0 Å². The molecule has 1 saturated carbocycles. The fourth-order valence-electron chi connectivity index (χ4n) is 3.55. The zero-order chi connectivity index (χ0) is 15.2. The van der Waals surface area contributed by atoms with E-state index in [-0.39, 0.29) is 42.2 Å². The van der Waals surface area contributed by atoms with Gasteiger partial charge in [0, 0.05) is 37.5 Å². The molecule has 0 aromatic rings. The highest BCUT2D eigenvalue weighted by Crippen LogP contribution is 2.25. The summed E-state index contributed by atoms with van der Waals surface area (Å²) in [5, 5.41) is 3.01. The summed E-state index contributed by atoms with van der Waals surface area (Å²) in [5.41, 5.74) is 5.76. The number of halogens is 1. The van der Waals surface area contributed by atoms with Crippen molar-refractivity contribution in [2.24, 2.45) is 11.7 Å². The number of piperidine rings is 1. The molecule has 5 nitrogen and oxygen atoms in total. The Morgan fingerprint density at radius 1 is 1.18 bits per heavy atom. The van der Waals surface area contributed by atoms with Crippen LogP contribution >= 0.6 is 12.4 Å². The van der Waals surface area contributed by atoms with Crippen LogP contribution in [0.5, 0.6) is 0 Å². The third-order valence-corrected chi connectivity index (χ3v) is 4.81. The summed E-state index contributed by atoms with van der Waals surface area (Å²) in [7, 11) is 0. The summed E-state index contributed by atoms with van der Waals surface area (Å²) in [5.74, 6) is 0.417. The lowest BCUT2D eigenvalue weighted by Gasteiger charge is -2.35. The van der Waals surface area contributed by atoms with Crippen molar-refractivity contribution < 1.29 is 9.59 Å². The van der Waals surface area contributed by atoms with E-state index in [9.17, 15) is 9.59 Å². The zero-order valence-corrected chi connectivity index (χ0v) is 14.4. The first-order chi connectivity index (χ1) is 10.1. The lowest BCUT2D eigenvalue weighted by atomic mass is 10.0. The maximum Gasteiger partial charge on any atom is 0.224 e. The largest absolute Gasteiger partial charge is 0.353 e. The van der Waals surface area contributed by atoms with Gasteiger partial charge in [0.1, 0.15) is 0 Å². The number of nitrogens with zero attached hydrogens (tertiary/aromatic N) is 1. The highest BCUT2D eigenvalue weighted by atomic mass is 35.5. The number of amides is 2. The Bertz CT molecular complexity index is 372. The van der Waals surface area contributed by atoms with Gasteiger partial charge in [0.25, 0.3) is 0 Å². The lowest BCUT2D eigenvalue weighted by Crippen LogP contribution is -2.49. The van der Waals surface area contributed by atoms with Crippen molar-refractivity contribution in [1.82, 2.24) is 10.2 Å². The molecule has 2 fully saturated rings. The molecule has 1 aliphatic heterocycles. The van der Waals surface area contributed by atoms with Crippen LogP contribution in [0.4, 0.5) is 0 Å². The molecular weight excluding hydrogens is 302 g/mol. The van der Waals surface area contributed by atoms with Gasteiger partial charge in [-0.15, -0.1) is 12.4 Å². The van der Waals surface area contributed by atoms with E-state index in [2.05, 4.69) is 5.32 Å². The molecule has 3 N–H and O–H groups in total. The van der Waals surface area contributed by atoms with Gasteiger partial charge in [0.05, 0.1) is 0 Å². The molecular formula is C16H30ClN3O2. The molecule has 0 bridgehead atoms. The minimum atomic E-state index is -0.0917. The van der Waals surface area contributed by atoms with Crippen molar-refractivity contribution in [2.75, 3.05) is 13.1 Å². The van der Waals surface area contributed by atoms with Gasteiger partial charge in [-0.3, -0.25) is 9.59 Å². The van der Waals surface area contributed by atoms with Crippen LogP contribution in [-0.2, 0) is 9.59 Å². The van der Waals surface area contributed by atoms with Crippen LogP contribution in [0.3, 0.4) is 0 Å². The van der Waals surface area contributed by atoms with Crippen molar-refractivity contribution in [3.8, 4) is 0 Å². The average molecular weight is 332 g/mol. The number of hydrogen-bond acceptors (Lipinski definition) is 3. The van der Waals surface area contributed by atoms with E-state index >= 15 is 0 Å². The van der Waals surface area contributed by atoms with Gasteiger partial charge in [-0.1, -0.05) is 12.8 Å². The topological polar surface area (TPSA) is 75.4 Å². The molecule has 2 atom stereocenters. The summed E-state index contributed by atoms with van der Waals surface area (Å²) in [4.78, 5) is 26.4. The Kier molecular flexibility index (Phi) is 8.18. The van der Waals surface area contributed by atoms with E-state index in [0.29, 0.717) is 13.0 Å². The van der Waals surface area contributed by atoms with Gasteiger partial charge in [0.15, 0.2) is 0 Å². The predicted molar refractivity (Wildman–Crippen MR) is 89.8 cm³/mol. The van der Waals surface area contributed by atoms with Gasteiger partial charge >= 0.3 is 0 Å². The van der Waals surface area contributed by atoms with Crippen LogP contribution in [0.15, 0.2) is 0 Å². The van der Waals surface area contributed by atoms with E-state index in [4.69, 9.17) is 5.73 Å². The lowest BCUT2D eigenvalue weighted by molar-refractivity contribution is -0.135. The molecule has 1 heterocycles. The van der Waals surface area contributed by atoms with Crippen LogP contribution in [0.2, 0.25) is 0 Å². The maximum absolute atomic E-state index is 12.4. The minimum Gasteiger partial charge on any atom is -0.353 e. The molecule has 1 aliphatic carbocycles. The number of hydrogen-bond donors (Lipinski definition) is 2. The number of likely N-dealkylation sites (tertiary alicyclic amines) is 1. The van der Waals surface area contributed by atoms with E-state index < -0.39 is 0 Å². The van der Waals surface area contributed by atoms with E-state index in [1.165, 1.54) is 0 Å². The number of nitrogens with one attached hydrogen (secondary N) is 1. The van der Waals surface area contributed by atoms with Crippen molar-refractivity contribution in [3.05, 3.63) is 0 Å². The normalized spacial score (nSPS) is 23.7. The van der Waals surface area contributed by atoms with Gasteiger partial charge in [-0.05, 0) is 39.0 Å². The maximum atomic E-state index is 12.4.